The van der Waals surface area contributed by atoms with Crippen molar-refractivity contribution in [3.8, 4) is 23.1 Å². The molecule has 0 spiro atoms. The molecule has 0 bridgehead atoms. The summed E-state index contributed by atoms with van der Waals surface area (Å²) in [5.41, 5.74) is 15.8. The first-order valence-electron chi connectivity index (χ1n) is 9.60. The molecule has 0 atom stereocenters. The van der Waals surface area contributed by atoms with E-state index in [0.29, 0.717) is 41.4 Å². The molecule has 0 saturated heterocycles. The number of nitrogens with zero attached hydrogens (tertiary/aromatic N) is 5. The highest BCUT2D eigenvalue weighted by Gasteiger charge is 2.15. The van der Waals surface area contributed by atoms with Crippen molar-refractivity contribution in [1.82, 2.24) is 20.0 Å². The third kappa shape index (κ3) is 5.28. The summed E-state index contributed by atoms with van der Waals surface area (Å²) < 4.78 is 10.5. The average molecular weight is 432 g/mol. The zero-order chi connectivity index (χ0) is 23.1. The predicted molar refractivity (Wildman–Crippen MR) is 120 cm³/mol. The van der Waals surface area contributed by atoms with E-state index < -0.39 is 0 Å². The Hall–Kier alpha value is -4.20. The van der Waals surface area contributed by atoms with E-state index in [0.717, 1.165) is 11.4 Å². The molecule has 3 rings (SSSR count). The van der Waals surface area contributed by atoms with Crippen LogP contribution in [0.4, 0.5) is 5.95 Å². The van der Waals surface area contributed by atoms with Crippen molar-refractivity contribution in [1.29, 1.82) is 5.26 Å². The molecule has 3 aromatic rings. The van der Waals surface area contributed by atoms with Crippen LogP contribution in [0.5, 0.6) is 5.75 Å². The topological polar surface area (TPSA) is 162 Å². The van der Waals surface area contributed by atoms with Gasteiger partial charge in [0.2, 0.25) is 5.95 Å². The van der Waals surface area contributed by atoms with Crippen LogP contribution < -0.4 is 22.0 Å². The van der Waals surface area contributed by atoms with E-state index in [2.05, 4.69) is 21.0 Å². The molecular formula is C22H24N8O2. The summed E-state index contributed by atoms with van der Waals surface area (Å²) in [5, 5.41) is 10.7. The van der Waals surface area contributed by atoms with Crippen molar-refractivity contribution in [3.63, 3.8) is 0 Å². The number of hydrazine groups is 1. The highest BCUT2D eigenvalue weighted by Crippen LogP contribution is 2.32. The first-order valence-corrected chi connectivity index (χ1v) is 9.60. The number of benzene rings is 1. The lowest BCUT2D eigenvalue weighted by Crippen LogP contribution is -2.26. The Balaban J connectivity index is 1.89. The Kier molecular flexibility index (Phi) is 7.17. The van der Waals surface area contributed by atoms with Gasteiger partial charge in [-0.3, -0.25) is 4.98 Å². The fraction of sp³-hybridized carbons (Fsp3) is 0.182. The summed E-state index contributed by atoms with van der Waals surface area (Å²) in [7, 11) is 3.10. The SMILES string of the molecule is COCc1cccc(CN(N)/C=C(\N)c2cc(-c3cccc(C#N)c3OC)nc(N)n2)n1. The van der Waals surface area contributed by atoms with Gasteiger partial charge in [0, 0.05) is 18.9 Å². The number of para-hydroxylation sites is 1. The normalized spacial score (nSPS) is 11.1. The van der Waals surface area contributed by atoms with Crippen molar-refractivity contribution in [3.05, 3.63) is 71.3 Å². The maximum Gasteiger partial charge on any atom is 0.221 e. The Morgan fingerprint density at radius 3 is 2.59 bits per heavy atom. The fourth-order valence-electron chi connectivity index (χ4n) is 3.12. The highest BCUT2D eigenvalue weighted by atomic mass is 16.5. The van der Waals surface area contributed by atoms with Crippen molar-refractivity contribution in [2.45, 2.75) is 13.2 Å². The molecular weight excluding hydrogens is 408 g/mol. The largest absolute Gasteiger partial charge is 0.495 e. The van der Waals surface area contributed by atoms with Crippen molar-refractivity contribution < 1.29 is 9.47 Å². The van der Waals surface area contributed by atoms with Gasteiger partial charge in [0.25, 0.3) is 0 Å². The Bertz CT molecular complexity index is 1170. The van der Waals surface area contributed by atoms with Crippen LogP contribution in [0, 0.1) is 11.3 Å². The summed E-state index contributed by atoms with van der Waals surface area (Å²) in [4.78, 5) is 13.0. The van der Waals surface area contributed by atoms with Gasteiger partial charge < -0.3 is 25.9 Å². The zero-order valence-electron chi connectivity index (χ0n) is 17.8. The molecule has 10 heteroatoms. The van der Waals surface area contributed by atoms with E-state index in [4.69, 9.17) is 26.8 Å². The summed E-state index contributed by atoms with van der Waals surface area (Å²) in [6.45, 7) is 0.736. The molecule has 0 aliphatic rings. The van der Waals surface area contributed by atoms with Gasteiger partial charge in [-0.1, -0.05) is 12.1 Å². The minimum absolute atomic E-state index is 0.0239. The van der Waals surface area contributed by atoms with E-state index in [1.165, 1.54) is 12.1 Å². The molecule has 0 aliphatic carbocycles. The quantitative estimate of drug-likeness (QED) is 0.353. The van der Waals surface area contributed by atoms with Crippen LogP contribution >= 0.6 is 0 Å². The molecule has 0 amide bonds. The lowest BCUT2D eigenvalue weighted by atomic mass is 10.1. The second-order valence-electron chi connectivity index (χ2n) is 6.80. The van der Waals surface area contributed by atoms with Crippen LogP contribution in [-0.4, -0.2) is 34.2 Å². The number of nitrogens with two attached hydrogens (primary N) is 3. The molecule has 2 heterocycles. The first kappa shape index (κ1) is 22.5. The molecule has 0 radical (unpaired) electrons. The van der Waals surface area contributed by atoms with E-state index in [-0.39, 0.29) is 11.6 Å². The summed E-state index contributed by atoms with van der Waals surface area (Å²) in [6, 6.07) is 14.5. The van der Waals surface area contributed by atoms with Crippen molar-refractivity contribution in [2.24, 2.45) is 11.6 Å². The number of anilines is 1. The van der Waals surface area contributed by atoms with Gasteiger partial charge in [-0.05, 0) is 30.3 Å². The summed E-state index contributed by atoms with van der Waals surface area (Å²) >= 11 is 0. The first-order chi connectivity index (χ1) is 15.4. The van der Waals surface area contributed by atoms with Gasteiger partial charge in [0.15, 0.2) is 0 Å². The number of rotatable bonds is 8. The maximum atomic E-state index is 9.34. The van der Waals surface area contributed by atoms with Crippen molar-refractivity contribution in [2.75, 3.05) is 20.0 Å². The number of nitrogen functional groups attached to an aromatic ring is 1. The smallest absolute Gasteiger partial charge is 0.221 e. The second kappa shape index (κ2) is 10.2. The van der Waals surface area contributed by atoms with Crippen LogP contribution in [0.25, 0.3) is 17.0 Å². The Labute approximate surface area is 185 Å². The van der Waals surface area contributed by atoms with Gasteiger partial charge in [0.05, 0.1) is 54.3 Å². The molecule has 6 N–H and O–H groups in total. The fourth-order valence-corrected chi connectivity index (χ4v) is 3.12. The summed E-state index contributed by atoms with van der Waals surface area (Å²) in [6.07, 6.45) is 1.54. The number of aromatic nitrogens is 3. The van der Waals surface area contributed by atoms with Gasteiger partial charge in [0.1, 0.15) is 11.8 Å². The molecule has 10 nitrogen and oxygen atoms in total. The standard InChI is InChI=1S/C22H24N8O2/c1-31-13-16-7-4-6-15(27-16)11-30(26)12-18(24)20-9-19(28-22(25)29-20)17-8-3-5-14(10-23)21(17)32-2/h3-9,12H,11,13,24,26H2,1-2H3,(H2,25,28,29)/b18-12-. The second-order valence-corrected chi connectivity index (χ2v) is 6.80. The molecule has 0 saturated carbocycles. The lowest BCUT2D eigenvalue weighted by Gasteiger charge is -2.16. The van der Waals surface area contributed by atoms with Gasteiger partial charge in [-0.25, -0.2) is 15.8 Å². The molecule has 32 heavy (non-hydrogen) atoms. The number of pyridine rings is 1. The maximum absolute atomic E-state index is 9.34. The number of hydrogen-bond acceptors (Lipinski definition) is 10. The predicted octanol–water partition coefficient (Wildman–Crippen LogP) is 1.78. The van der Waals surface area contributed by atoms with Crippen LogP contribution in [0.1, 0.15) is 22.6 Å². The van der Waals surface area contributed by atoms with Crippen LogP contribution in [0.2, 0.25) is 0 Å². The van der Waals surface area contributed by atoms with Crippen molar-refractivity contribution >= 4 is 11.6 Å². The minimum atomic E-state index is 0.0239. The highest BCUT2D eigenvalue weighted by molar-refractivity contribution is 5.74. The molecule has 1 aromatic carbocycles. The van der Waals surface area contributed by atoms with Crippen LogP contribution in [0.15, 0.2) is 48.7 Å². The van der Waals surface area contributed by atoms with E-state index in [1.54, 1.807) is 37.6 Å². The number of hydrogen-bond donors (Lipinski definition) is 3. The van der Waals surface area contributed by atoms with Gasteiger partial charge >= 0.3 is 0 Å². The van der Waals surface area contributed by atoms with Crippen LogP contribution in [-0.2, 0) is 17.9 Å². The number of nitriles is 1. The van der Waals surface area contributed by atoms with Crippen LogP contribution in [0.3, 0.4) is 0 Å². The molecule has 2 aromatic heterocycles. The Morgan fingerprint density at radius 1 is 1.12 bits per heavy atom. The molecule has 164 valence electrons. The van der Waals surface area contributed by atoms with E-state index in [1.807, 2.05) is 18.2 Å². The molecule has 0 fully saturated rings. The van der Waals surface area contributed by atoms with Gasteiger partial charge in [-0.2, -0.15) is 5.26 Å². The molecule has 0 unspecified atom stereocenters. The average Bonchev–Trinajstić information content (AvgIpc) is 2.78. The summed E-state index contributed by atoms with van der Waals surface area (Å²) in [5.74, 6) is 6.53. The third-order valence-electron chi connectivity index (χ3n) is 4.46. The third-order valence-corrected chi connectivity index (χ3v) is 4.46. The monoisotopic (exact) mass is 432 g/mol. The lowest BCUT2D eigenvalue weighted by molar-refractivity contribution is 0.181. The minimum Gasteiger partial charge on any atom is -0.495 e. The zero-order valence-corrected chi connectivity index (χ0v) is 17.8. The molecule has 0 aliphatic heterocycles. The number of methoxy groups -OCH3 is 2. The van der Waals surface area contributed by atoms with E-state index in [9.17, 15) is 5.26 Å². The van der Waals surface area contributed by atoms with E-state index >= 15 is 0 Å². The number of ether oxygens (including phenoxy) is 2. The van der Waals surface area contributed by atoms with Gasteiger partial charge in [-0.15, -0.1) is 0 Å². The Morgan fingerprint density at radius 2 is 1.88 bits per heavy atom.